The van der Waals surface area contributed by atoms with Crippen molar-refractivity contribution in [3.05, 3.63) is 90.9 Å². The SMILES string of the molecule is C=C(NNC(=O)c1ccccc1OCCOc1ccccc1)c1ccco1. The van der Waals surface area contributed by atoms with Gasteiger partial charge in [0.2, 0.25) is 0 Å². The topological polar surface area (TPSA) is 72.7 Å². The first-order valence-electron chi connectivity index (χ1n) is 8.43. The van der Waals surface area contributed by atoms with Crippen molar-refractivity contribution in [1.29, 1.82) is 0 Å². The second-order valence-electron chi connectivity index (χ2n) is 5.54. The fourth-order valence-electron chi connectivity index (χ4n) is 2.32. The molecule has 27 heavy (non-hydrogen) atoms. The number of furan rings is 1. The van der Waals surface area contributed by atoms with Crippen LogP contribution in [0.15, 0.2) is 84.0 Å². The number of carbonyl (C=O) groups excluding carboxylic acids is 1. The molecule has 2 aromatic carbocycles. The minimum Gasteiger partial charge on any atom is -0.490 e. The van der Waals surface area contributed by atoms with Gasteiger partial charge in [-0.3, -0.25) is 15.6 Å². The largest absolute Gasteiger partial charge is 0.490 e. The highest BCUT2D eigenvalue weighted by atomic mass is 16.5. The summed E-state index contributed by atoms with van der Waals surface area (Å²) in [7, 11) is 0. The summed E-state index contributed by atoms with van der Waals surface area (Å²) >= 11 is 0. The summed E-state index contributed by atoms with van der Waals surface area (Å²) in [5.74, 6) is 1.44. The van der Waals surface area contributed by atoms with E-state index in [9.17, 15) is 4.79 Å². The number of carbonyl (C=O) groups is 1. The second-order valence-corrected chi connectivity index (χ2v) is 5.54. The summed E-state index contributed by atoms with van der Waals surface area (Å²) in [5, 5.41) is 0. The van der Waals surface area contributed by atoms with E-state index in [1.165, 1.54) is 6.26 Å². The Hall–Kier alpha value is -3.67. The van der Waals surface area contributed by atoms with Gasteiger partial charge in [0.05, 0.1) is 17.5 Å². The van der Waals surface area contributed by atoms with Crippen LogP contribution in [0.5, 0.6) is 11.5 Å². The maximum Gasteiger partial charge on any atom is 0.273 e. The molecule has 1 amide bonds. The van der Waals surface area contributed by atoms with E-state index in [4.69, 9.17) is 13.9 Å². The van der Waals surface area contributed by atoms with Gasteiger partial charge < -0.3 is 13.9 Å². The average Bonchev–Trinajstić information content (AvgIpc) is 3.25. The van der Waals surface area contributed by atoms with Crippen LogP contribution in [-0.2, 0) is 0 Å². The van der Waals surface area contributed by atoms with E-state index in [-0.39, 0.29) is 5.91 Å². The molecule has 0 spiro atoms. The van der Waals surface area contributed by atoms with Crippen LogP contribution in [0.1, 0.15) is 16.1 Å². The molecule has 6 nitrogen and oxygen atoms in total. The lowest BCUT2D eigenvalue weighted by Gasteiger charge is -2.13. The van der Waals surface area contributed by atoms with Crippen molar-refractivity contribution in [3.63, 3.8) is 0 Å². The van der Waals surface area contributed by atoms with E-state index in [2.05, 4.69) is 17.4 Å². The fourth-order valence-corrected chi connectivity index (χ4v) is 2.32. The maximum atomic E-state index is 12.4. The summed E-state index contributed by atoms with van der Waals surface area (Å²) in [4.78, 5) is 12.4. The predicted molar refractivity (Wildman–Crippen MR) is 102 cm³/mol. The zero-order chi connectivity index (χ0) is 18.9. The molecule has 0 radical (unpaired) electrons. The zero-order valence-corrected chi connectivity index (χ0v) is 14.7. The monoisotopic (exact) mass is 364 g/mol. The van der Waals surface area contributed by atoms with Crippen LogP contribution in [0, 0.1) is 0 Å². The lowest BCUT2D eigenvalue weighted by Crippen LogP contribution is -2.36. The third-order valence-corrected chi connectivity index (χ3v) is 3.63. The Labute approximate surface area is 157 Å². The van der Waals surface area contributed by atoms with Crippen LogP contribution in [0.2, 0.25) is 0 Å². The van der Waals surface area contributed by atoms with Gasteiger partial charge in [-0.1, -0.05) is 36.9 Å². The van der Waals surface area contributed by atoms with Gasteiger partial charge in [-0.15, -0.1) is 0 Å². The molecule has 2 N–H and O–H groups in total. The number of benzene rings is 2. The van der Waals surface area contributed by atoms with E-state index in [0.29, 0.717) is 36.0 Å². The summed E-state index contributed by atoms with van der Waals surface area (Å²) in [6.45, 7) is 4.49. The Kier molecular flexibility index (Phi) is 6.14. The van der Waals surface area contributed by atoms with Gasteiger partial charge >= 0.3 is 0 Å². The van der Waals surface area contributed by atoms with Crippen LogP contribution in [-0.4, -0.2) is 19.1 Å². The molecule has 1 heterocycles. The number of amides is 1. The van der Waals surface area contributed by atoms with E-state index in [0.717, 1.165) is 5.75 Å². The molecule has 3 aromatic rings. The molecule has 0 fully saturated rings. The normalized spacial score (nSPS) is 10.1. The number of hydrazine groups is 1. The molecule has 0 bridgehead atoms. The molecule has 138 valence electrons. The number of rotatable bonds is 9. The Bertz CT molecular complexity index is 876. The van der Waals surface area contributed by atoms with Crippen LogP contribution >= 0.6 is 0 Å². The lowest BCUT2D eigenvalue weighted by molar-refractivity contribution is 0.0937. The zero-order valence-electron chi connectivity index (χ0n) is 14.7. The van der Waals surface area contributed by atoms with Crippen molar-refractivity contribution < 1.29 is 18.7 Å². The van der Waals surface area contributed by atoms with Crippen LogP contribution in [0.25, 0.3) is 5.70 Å². The molecular weight excluding hydrogens is 344 g/mol. The quantitative estimate of drug-likeness (QED) is 0.448. The minimum atomic E-state index is -0.345. The average molecular weight is 364 g/mol. The lowest BCUT2D eigenvalue weighted by atomic mass is 10.2. The van der Waals surface area contributed by atoms with Crippen molar-refractivity contribution >= 4 is 11.6 Å². The molecule has 0 atom stereocenters. The molecule has 0 saturated carbocycles. The third-order valence-electron chi connectivity index (χ3n) is 3.63. The standard InChI is InChI=1S/C21H20N2O4/c1-16(19-12-7-13-26-19)22-23-21(24)18-10-5-6-11-20(18)27-15-14-25-17-8-3-2-4-9-17/h2-13,22H,1,14-15H2,(H,23,24). The van der Waals surface area contributed by atoms with E-state index < -0.39 is 0 Å². The Balaban J connectivity index is 1.51. The van der Waals surface area contributed by atoms with Crippen LogP contribution in [0.3, 0.4) is 0 Å². The van der Waals surface area contributed by atoms with Gasteiger partial charge in [0.15, 0.2) is 5.76 Å². The van der Waals surface area contributed by atoms with Gasteiger partial charge in [-0.25, -0.2) is 0 Å². The van der Waals surface area contributed by atoms with Crippen molar-refractivity contribution in [2.45, 2.75) is 0 Å². The summed E-state index contributed by atoms with van der Waals surface area (Å²) in [5.41, 5.74) is 6.16. The maximum absolute atomic E-state index is 12.4. The number of ether oxygens (including phenoxy) is 2. The molecule has 0 saturated heterocycles. The van der Waals surface area contributed by atoms with Gasteiger partial charge in [-0.2, -0.15) is 0 Å². The number of para-hydroxylation sites is 2. The summed E-state index contributed by atoms with van der Waals surface area (Å²) < 4.78 is 16.5. The Morgan fingerprint density at radius 2 is 1.63 bits per heavy atom. The Morgan fingerprint density at radius 1 is 0.889 bits per heavy atom. The van der Waals surface area contributed by atoms with Crippen molar-refractivity contribution in [3.8, 4) is 11.5 Å². The molecule has 6 heteroatoms. The number of hydrogen-bond donors (Lipinski definition) is 2. The van der Waals surface area contributed by atoms with Gasteiger partial charge in [0.1, 0.15) is 24.7 Å². The number of hydrogen-bond acceptors (Lipinski definition) is 5. The van der Waals surface area contributed by atoms with E-state index in [1.54, 1.807) is 36.4 Å². The molecule has 0 aliphatic heterocycles. The second kappa shape index (κ2) is 9.15. The third kappa shape index (κ3) is 5.15. The van der Waals surface area contributed by atoms with Crippen molar-refractivity contribution in [2.24, 2.45) is 0 Å². The fraction of sp³-hybridized carbons (Fsp3) is 0.0952. The highest BCUT2D eigenvalue weighted by molar-refractivity contribution is 5.97. The first-order chi connectivity index (χ1) is 13.2. The van der Waals surface area contributed by atoms with Crippen LogP contribution < -0.4 is 20.3 Å². The van der Waals surface area contributed by atoms with Gasteiger partial charge in [0, 0.05) is 0 Å². The van der Waals surface area contributed by atoms with Crippen molar-refractivity contribution in [1.82, 2.24) is 10.9 Å². The Morgan fingerprint density at radius 3 is 2.41 bits per heavy atom. The molecule has 0 aliphatic rings. The number of nitrogens with one attached hydrogen (secondary N) is 2. The minimum absolute atomic E-state index is 0.311. The van der Waals surface area contributed by atoms with Crippen molar-refractivity contribution in [2.75, 3.05) is 13.2 Å². The molecule has 0 unspecified atom stereocenters. The predicted octanol–water partition coefficient (Wildman–Crippen LogP) is 3.64. The molecular formula is C21H20N2O4. The first kappa shape index (κ1) is 18.1. The van der Waals surface area contributed by atoms with Crippen LogP contribution in [0.4, 0.5) is 0 Å². The summed E-state index contributed by atoms with van der Waals surface area (Å²) in [6.07, 6.45) is 1.53. The summed E-state index contributed by atoms with van der Waals surface area (Å²) in [6, 6.07) is 19.9. The molecule has 3 rings (SSSR count). The highest BCUT2D eigenvalue weighted by Gasteiger charge is 2.12. The van der Waals surface area contributed by atoms with Gasteiger partial charge in [0.25, 0.3) is 5.91 Å². The molecule has 1 aromatic heterocycles. The highest BCUT2D eigenvalue weighted by Crippen LogP contribution is 2.18. The first-order valence-corrected chi connectivity index (χ1v) is 8.43. The van der Waals surface area contributed by atoms with Gasteiger partial charge in [-0.05, 0) is 36.4 Å². The van der Waals surface area contributed by atoms with E-state index in [1.807, 2.05) is 30.3 Å². The van der Waals surface area contributed by atoms with E-state index >= 15 is 0 Å². The molecule has 0 aliphatic carbocycles. The smallest absolute Gasteiger partial charge is 0.273 e.